The molecule has 0 bridgehead atoms. The second-order valence-corrected chi connectivity index (χ2v) is 5.67. The predicted octanol–water partition coefficient (Wildman–Crippen LogP) is 3.16. The molecule has 14 heavy (non-hydrogen) atoms. The molecule has 4 nitrogen and oxygen atoms in total. The summed E-state index contributed by atoms with van der Waals surface area (Å²) in [4.78, 5) is 0. The van der Waals surface area contributed by atoms with Crippen molar-refractivity contribution in [2.24, 2.45) is 16.2 Å². The minimum Gasteiger partial charge on any atom is -0.482 e. The summed E-state index contributed by atoms with van der Waals surface area (Å²) in [6.07, 6.45) is 4.82. The number of nitrogens with zero attached hydrogens (tertiary/aromatic N) is 2. The number of unbranched alkanes of at least 4 members (excludes halogenated alkanes) is 1. The molecule has 0 atom stereocenters. The van der Waals surface area contributed by atoms with Crippen molar-refractivity contribution in [1.82, 2.24) is 0 Å². The Morgan fingerprint density at radius 1 is 1.36 bits per heavy atom. The summed E-state index contributed by atoms with van der Waals surface area (Å²) in [7, 11) is 3.98. The normalized spacial score (nSPS) is 17.7. The van der Waals surface area contributed by atoms with Gasteiger partial charge in [-0.25, -0.2) is 0 Å². The van der Waals surface area contributed by atoms with E-state index in [0.29, 0.717) is 6.61 Å². The van der Waals surface area contributed by atoms with Gasteiger partial charge in [-0.1, -0.05) is 21.6 Å². The first-order chi connectivity index (χ1) is 6.93. The van der Waals surface area contributed by atoms with Crippen LogP contribution in [0.3, 0.4) is 0 Å². The second-order valence-electron chi connectivity index (χ2n) is 3.12. The average molecular weight is 233 g/mol. The zero-order valence-electron chi connectivity index (χ0n) is 8.02. The summed E-state index contributed by atoms with van der Waals surface area (Å²) < 4.78 is 5.02. The van der Waals surface area contributed by atoms with Gasteiger partial charge in [0.2, 0.25) is 0 Å². The molecule has 0 aromatic heterocycles. The van der Waals surface area contributed by atoms with Crippen LogP contribution in [0.15, 0.2) is 10.3 Å². The molecule has 6 heteroatoms. The highest BCUT2D eigenvalue weighted by atomic mass is 33.1. The smallest absolute Gasteiger partial charge is 0.196 e. The molecule has 0 aromatic carbocycles. The van der Waals surface area contributed by atoms with E-state index in [9.17, 15) is 0 Å². The molecule has 0 spiro atoms. The third-order valence-electron chi connectivity index (χ3n) is 1.99. The van der Waals surface area contributed by atoms with Crippen LogP contribution in [0.5, 0.6) is 0 Å². The lowest BCUT2D eigenvalue weighted by Crippen LogP contribution is -2.01. The van der Waals surface area contributed by atoms with Crippen molar-refractivity contribution in [3.63, 3.8) is 0 Å². The van der Waals surface area contributed by atoms with Crippen molar-refractivity contribution in [1.29, 1.82) is 5.53 Å². The van der Waals surface area contributed by atoms with Crippen molar-refractivity contribution in [3.05, 3.63) is 0 Å². The highest BCUT2D eigenvalue weighted by molar-refractivity contribution is 8.77. The first-order valence-corrected chi connectivity index (χ1v) is 7.16. The van der Waals surface area contributed by atoms with Crippen molar-refractivity contribution < 1.29 is 4.74 Å². The highest BCUT2D eigenvalue weighted by Crippen LogP contribution is 2.36. The van der Waals surface area contributed by atoms with Crippen molar-refractivity contribution in [2.75, 3.05) is 18.1 Å². The fourth-order valence-corrected chi connectivity index (χ4v) is 4.26. The third-order valence-corrected chi connectivity index (χ3v) is 4.69. The van der Waals surface area contributed by atoms with Crippen LogP contribution in [-0.4, -0.2) is 24.5 Å². The van der Waals surface area contributed by atoms with Gasteiger partial charge >= 0.3 is 0 Å². The first-order valence-electron chi connectivity index (χ1n) is 4.67. The monoisotopic (exact) mass is 233 g/mol. The molecular weight excluding hydrogens is 218 g/mol. The average Bonchev–Trinajstić information content (AvgIpc) is 2.69. The molecule has 1 heterocycles. The minimum atomic E-state index is 0.687. The number of hydrogen-bond donors (Lipinski definition) is 1. The van der Waals surface area contributed by atoms with Crippen LogP contribution in [0, 0.1) is 11.4 Å². The number of rotatable bonds is 7. The minimum absolute atomic E-state index is 0.687. The topological polar surface area (TPSA) is 57.8 Å². The maximum atomic E-state index is 6.37. The lowest BCUT2D eigenvalue weighted by molar-refractivity contribution is 0.302. The molecule has 1 aliphatic rings. The van der Waals surface area contributed by atoms with Crippen molar-refractivity contribution in [3.8, 4) is 0 Å². The fourth-order valence-electron chi connectivity index (χ4n) is 1.23. The molecule has 0 unspecified atom stereocenters. The molecule has 80 valence electrons. The Bertz CT molecular complexity index is 183. The van der Waals surface area contributed by atoms with Crippen LogP contribution in [-0.2, 0) is 4.74 Å². The lowest BCUT2D eigenvalue weighted by atomic mass is 10.1. The van der Waals surface area contributed by atoms with E-state index in [4.69, 9.17) is 10.3 Å². The van der Waals surface area contributed by atoms with Gasteiger partial charge in [-0.2, -0.15) is 5.53 Å². The van der Waals surface area contributed by atoms with Gasteiger partial charge in [0.05, 0.1) is 6.61 Å². The van der Waals surface area contributed by atoms with E-state index >= 15 is 0 Å². The largest absolute Gasteiger partial charge is 0.482 e. The predicted molar refractivity (Wildman–Crippen MR) is 61.8 cm³/mol. The Labute approximate surface area is 92.2 Å². The number of ether oxygens (including phenoxy) is 1. The highest BCUT2D eigenvalue weighted by Gasteiger charge is 2.15. The van der Waals surface area contributed by atoms with E-state index in [2.05, 4.69) is 10.3 Å². The fraction of sp³-hybridized carbons (Fsp3) is 0.875. The van der Waals surface area contributed by atoms with Crippen LogP contribution in [0.1, 0.15) is 19.3 Å². The number of nitrogens with one attached hydrogen (secondary N) is 1. The van der Waals surface area contributed by atoms with Gasteiger partial charge in [0.1, 0.15) is 0 Å². The van der Waals surface area contributed by atoms with E-state index in [1.165, 1.54) is 30.7 Å². The third kappa shape index (κ3) is 5.49. The van der Waals surface area contributed by atoms with Crippen LogP contribution in [0.2, 0.25) is 0 Å². The van der Waals surface area contributed by atoms with Crippen molar-refractivity contribution >= 4 is 28.0 Å². The Balaban J connectivity index is 1.84. The van der Waals surface area contributed by atoms with Gasteiger partial charge in [0.15, 0.2) is 6.40 Å². The van der Waals surface area contributed by atoms with Crippen LogP contribution < -0.4 is 0 Å². The van der Waals surface area contributed by atoms with Gasteiger partial charge in [-0.3, -0.25) is 0 Å². The Hall–Kier alpha value is -0.230. The molecule has 0 radical (unpaired) electrons. The molecule has 0 aromatic rings. The van der Waals surface area contributed by atoms with Gasteiger partial charge in [0.25, 0.3) is 0 Å². The Morgan fingerprint density at radius 3 is 2.86 bits per heavy atom. The van der Waals surface area contributed by atoms with Gasteiger partial charge in [-0.05, 0) is 30.4 Å². The van der Waals surface area contributed by atoms with E-state index in [0.717, 1.165) is 12.3 Å². The Morgan fingerprint density at radius 2 is 2.14 bits per heavy atom. The standard InChI is InChI=1S/C8H15N3OS2/c9-11-10-7-12-4-2-1-3-8-5-13-14-6-8/h7-9H,1-6H2. The van der Waals surface area contributed by atoms with Gasteiger partial charge < -0.3 is 4.74 Å². The zero-order valence-corrected chi connectivity index (χ0v) is 9.65. The Kier molecular flexibility index (Phi) is 6.86. The second kappa shape index (κ2) is 8.11. The molecule has 1 fully saturated rings. The summed E-state index contributed by atoms with van der Waals surface area (Å²) >= 11 is 0. The molecule has 1 aliphatic heterocycles. The SMILES string of the molecule is N=NN=COCCCCC1CSSC1. The summed E-state index contributed by atoms with van der Waals surface area (Å²) in [5, 5.41) is 6.09. The molecule has 1 rings (SSSR count). The molecule has 0 aliphatic carbocycles. The van der Waals surface area contributed by atoms with Crippen LogP contribution in [0.25, 0.3) is 0 Å². The van der Waals surface area contributed by atoms with Gasteiger partial charge in [-0.15, -0.1) is 5.10 Å². The summed E-state index contributed by atoms with van der Waals surface area (Å²) in [5.74, 6) is 3.52. The van der Waals surface area contributed by atoms with Gasteiger partial charge in [0, 0.05) is 11.5 Å². The number of hydrogen-bond acceptors (Lipinski definition) is 5. The van der Waals surface area contributed by atoms with Crippen molar-refractivity contribution in [2.45, 2.75) is 19.3 Å². The zero-order chi connectivity index (χ0) is 10.1. The molecule has 0 saturated carbocycles. The summed E-state index contributed by atoms with van der Waals surface area (Å²) in [5.41, 5.74) is 6.37. The van der Waals surface area contributed by atoms with Crippen LogP contribution >= 0.6 is 21.6 Å². The quantitative estimate of drug-likeness (QED) is 0.183. The first kappa shape index (κ1) is 11.8. The van der Waals surface area contributed by atoms with E-state index < -0.39 is 0 Å². The molecule has 1 saturated heterocycles. The van der Waals surface area contributed by atoms with E-state index in [-0.39, 0.29) is 0 Å². The van der Waals surface area contributed by atoms with Crippen LogP contribution in [0.4, 0.5) is 0 Å². The maximum absolute atomic E-state index is 6.37. The maximum Gasteiger partial charge on any atom is 0.196 e. The summed E-state index contributed by atoms with van der Waals surface area (Å²) in [6, 6.07) is 0. The molecule has 0 amide bonds. The van der Waals surface area contributed by atoms with E-state index in [1.807, 2.05) is 21.6 Å². The molecule has 1 N–H and O–H groups in total. The lowest BCUT2D eigenvalue weighted by Gasteiger charge is -2.05. The molecular formula is C8H15N3OS2. The summed E-state index contributed by atoms with van der Waals surface area (Å²) in [6.45, 7) is 0.687. The van der Waals surface area contributed by atoms with E-state index in [1.54, 1.807) is 0 Å².